The Labute approximate surface area is 100.0 Å². The summed E-state index contributed by atoms with van der Waals surface area (Å²) >= 11 is 0. The van der Waals surface area contributed by atoms with Crippen molar-refractivity contribution in [2.75, 3.05) is 19.8 Å². The van der Waals surface area contributed by atoms with Crippen molar-refractivity contribution in [1.82, 2.24) is 5.32 Å². The minimum atomic E-state index is -0.805. The maximum atomic E-state index is 13.2. The first-order chi connectivity index (χ1) is 8.03. The van der Waals surface area contributed by atoms with E-state index in [1.165, 1.54) is 12.1 Å². The lowest BCUT2D eigenvalue weighted by atomic mass is 9.78. The second kappa shape index (κ2) is 4.70. The van der Waals surface area contributed by atoms with E-state index in [0.29, 0.717) is 19.3 Å². The van der Waals surface area contributed by atoms with Crippen molar-refractivity contribution < 1.29 is 13.5 Å². The van der Waals surface area contributed by atoms with Crippen LogP contribution in [0.15, 0.2) is 18.2 Å². The van der Waals surface area contributed by atoms with Crippen LogP contribution in [0.4, 0.5) is 8.78 Å². The molecule has 0 spiro atoms. The summed E-state index contributed by atoms with van der Waals surface area (Å²) in [5, 5.41) is 3.32. The van der Waals surface area contributed by atoms with E-state index in [1.807, 2.05) is 0 Å². The molecule has 0 saturated carbocycles. The van der Waals surface area contributed by atoms with E-state index in [1.54, 1.807) is 6.07 Å². The van der Waals surface area contributed by atoms with Crippen LogP contribution >= 0.6 is 0 Å². The maximum absolute atomic E-state index is 13.2. The van der Waals surface area contributed by atoms with Crippen LogP contribution in [0.5, 0.6) is 0 Å². The second-order valence-electron chi connectivity index (χ2n) is 4.94. The normalized spacial score (nSPS) is 18.2. The van der Waals surface area contributed by atoms with Gasteiger partial charge < -0.3 is 10.1 Å². The molecule has 0 radical (unpaired) electrons. The molecule has 1 fully saturated rings. The van der Waals surface area contributed by atoms with E-state index in [4.69, 9.17) is 4.74 Å². The van der Waals surface area contributed by atoms with Crippen molar-refractivity contribution in [2.45, 2.75) is 25.3 Å². The minimum Gasteiger partial charge on any atom is -0.379 e. The highest BCUT2D eigenvalue weighted by atomic mass is 19.2. The van der Waals surface area contributed by atoms with Gasteiger partial charge in [-0.15, -0.1) is 0 Å². The summed E-state index contributed by atoms with van der Waals surface area (Å²) in [4.78, 5) is 0. The second-order valence-corrected chi connectivity index (χ2v) is 4.94. The molecule has 1 aromatic carbocycles. The fraction of sp³-hybridized carbons (Fsp3) is 0.538. The summed E-state index contributed by atoms with van der Waals surface area (Å²) in [6, 6.07) is 4.46. The van der Waals surface area contributed by atoms with Crippen LogP contribution < -0.4 is 5.32 Å². The smallest absolute Gasteiger partial charge is 0.159 e. The van der Waals surface area contributed by atoms with Crippen molar-refractivity contribution in [1.29, 1.82) is 0 Å². The van der Waals surface area contributed by atoms with Crippen molar-refractivity contribution in [3.63, 3.8) is 0 Å². The topological polar surface area (TPSA) is 21.3 Å². The zero-order valence-electron chi connectivity index (χ0n) is 10.1. The van der Waals surface area contributed by atoms with Gasteiger partial charge in [-0.3, -0.25) is 0 Å². The molecule has 0 bridgehead atoms. The molecule has 1 aliphatic rings. The zero-order chi connectivity index (χ0) is 12.5. The van der Waals surface area contributed by atoms with Gasteiger partial charge in [-0.1, -0.05) is 19.9 Å². The van der Waals surface area contributed by atoms with Crippen molar-refractivity contribution in [3.8, 4) is 0 Å². The number of nitrogens with one attached hydrogen (secondary N) is 1. The van der Waals surface area contributed by atoms with E-state index >= 15 is 0 Å². The molecule has 1 heterocycles. The summed E-state index contributed by atoms with van der Waals surface area (Å²) in [5.41, 5.74) is 0.592. The fourth-order valence-corrected chi connectivity index (χ4v) is 1.94. The Morgan fingerprint density at radius 1 is 1.29 bits per heavy atom. The van der Waals surface area contributed by atoms with E-state index < -0.39 is 11.6 Å². The van der Waals surface area contributed by atoms with Gasteiger partial charge in [0.25, 0.3) is 0 Å². The summed E-state index contributed by atoms with van der Waals surface area (Å²) in [5.74, 6) is -1.60. The lowest BCUT2D eigenvalue weighted by Crippen LogP contribution is -2.54. The van der Waals surface area contributed by atoms with Gasteiger partial charge in [-0.2, -0.15) is 0 Å². The van der Waals surface area contributed by atoms with E-state index in [0.717, 1.165) is 12.1 Å². The standard InChI is InChI=1S/C13H17F2NO/c1-9(2)16-6-13(7-17-8-13)10-3-4-11(14)12(15)5-10/h3-5,9,16H,6-8H2,1-2H3. The molecule has 1 aromatic rings. The van der Waals surface area contributed by atoms with Gasteiger partial charge in [-0.25, -0.2) is 8.78 Å². The van der Waals surface area contributed by atoms with Crippen LogP contribution in [0.25, 0.3) is 0 Å². The van der Waals surface area contributed by atoms with Crippen LogP contribution in [-0.4, -0.2) is 25.8 Å². The van der Waals surface area contributed by atoms with Gasteiger partial charge in [0, 0.05) is 12.6 Å². The Morgan fingerprint density at radius 3 is 2.47 bits per heavy atom. The third-order valence-corrected chi connectivity index (χ3v) is 3.14. The third kappa shape index (κ3) is 2.48. The Morgan fingerprint density at radius 2 is 2.00 bits per heavy atom. The summed E-state index contributed by atoms with van der Waals surface area (Å²) in [7, 11) is 0. The van der Waals surface area contributed by atoms with Crippen LogP contribution in [-0.2, 0) is 10.2 Å². The molecule has 0 aromatic heterocycles. The fourth-order valence-electron chi connectivity index (χ4n) is 1.94. The first-order valence-electron chi connectivity index (χ1n) is 5.80. The molecule has 4 heteroatoms. The van der Waals surface area contributed by atoms with Gasteiger partial charge in [0.05, 0.1) is 18.6 Å². The lowest BCUT2D eigenvalue weighted by Gasteiger charge is -2.42. The Bertz CT molecular complexity index is 402. The molecule has 2 nitrogen and oxygen atoms in total. The minimum absolute atomic E-state index is 0.210. The highest BCUT2D eigenvalue weighted by molar-refractivity contribution is 5.30. The van der Waals surface area contributed by atoms with Gasteiger partial charge >= 0.3 is 0 Å². The van der Waals surface area contributed by atoms with Gasteiger partial charge in [0.2, 0.25) is 0 Å². The molecule has 0 aliphatic carbocycles. The van der Waals surface area contributed by atoms with Crippen LogP contribution in [0, 0.1) is 11.6 Å². The van der Waals surface area contributed by atoms with E-state index in [-0.39, 0.29) is 5.41 Å². The number of ether oxygens (including phenoxy) is 1. The first kappa shape index (κ1) is 12.5. The average Bonchev–Trinajstić information content (AvgIpc) is 2.21. The van der Waals surface area contributed by atoms with Gasteiger partial charge in [-0.05, 0) is 17.7 Å². The molecule has 0 amide bonds. The maximum Gasteiger partial charge on any atom is 0.159 e. The first-order valence-corrected chi connectivity index (χ1v) is 5.80. The Balaban J connectivity index is 2.19. The summed E-state index contributed by atoms with van der Waals surface area (Å²) < 4.78 is 31.4. The lowest BCUT2D eigenvalue weighted by molar-refractivity contribution is -0.0598. The molecule has 94 valence electrons. The number of halogens is 2. The highest BCUT2D eigenvalue weighted by Crippen LogP contribution is 2.32. The van der Waals surface area contributed by atoms with Crippen LogP contribution in [0.3, 0.4) is 0 Å². The van der Waals surface area contributed by atoms with Crippen molar-refractivity contribution in [2.24, 2.45) is 0 Å². The Hall–Kier alpha value is -1.00. The number of hydrogen-bond donors (Lipinski definition) is 1. The zero-order valence-corrected chi connectivity index (χ0v) is 10.1. The molecule has 2 rings (SSSR count). The predicted molar refractivity (Wildman–Crippen MR) is 62.0 cm³/mol. The Kier molecular flexibility index (Phi) is 3.45. The van der Waals surface area contributed by atoms with Gasteiger partial charge in [0.15, 0.2) is 11.6 Å². The number of rotatable bonds is 4. The molecule has 17 heavy (non-hydrogen) atoms. The monoisotopic (exact) mass is 241 g/mol. The molecule has 1 saturated heterocycles. The summed E-state index contributed by atoms with van der Waals surface area (Å²) in [6.07, 6.45) is 0. The van der Waals surface area contributed by atoms with Crippen LogP contribution in [0.1, 0.15) is 19.4 Å². The van der Waals surface area contributed by atoms with E-state index in [2.05, 4.69) is 19.2 Å². The quantitative estimate of drug-likeness (QED) is 0.872. The molecule has 1 N–H and O–H groups in total. The number of benzene rings is 1. The molecule has 0 atom stereocenters. The van der Waals surface area contributed by atoms with Crippen molar-refractivity contribution in [3.05, 3.63) is 35.4 Å². The van der Waals surface area contributed by atoms with Crippen molar-refractivity contribution >= 4 is 0 Å². The third-order valence-electron chi connectivity index (χ3n) is 3.14. The molecular formula is C13H17F2NO. The summed E-state index contributed by atoms with van der Waals surface area (Å²) in [6.45, 7) is 5.93. The molecular weight excluding hydrogens is 224 g/mol. The highest BCUT2D eigenvalue weighted by Gasteiger charge is 2.40. The molecule has 0 unspecified atom stereocenters. The number of hydrogen-bond acceptors (Lipinski definition) is 2. The molecule has 1 aliphatic heterocycles. The van der Waals surface area contributed by atoms with E-state index in [9.17, 15) is 8.78 Å². The van der Waals surface area contributed by atoms with Crippen LogP contribution in [0.2, 0.25) is 0 Å². The largest absolute Gasteiger partial charge is 0.379 e. The van der Waals surface area contributed by atoms with Gasteiger partial charge in [0.1, 0.15) is 0 Å². The SMILES string of the molecule is CC(C)NCC1(c2ccc(F)c(F)c2)COC1. The predicted octanol–water partition coefficient (Wildman–Crippen LogP) is 2.23. The average molecular weight is 241 g/mol.